The van der Waals surface area contributed by atoms with Crippen LogP contribution in [0.3, 0.4) is 0 Å². The van der Waals surface area contributed by atoms with E-state index in [2.05, 4.69) is 10.3 Å². The van der Waals surface area contributed by atoms with Crippen molar-refractivity contribution in [3.05, 3.63) is 11.9 Å². The number of carbonyl (C=O) groups excluding carboxylic acids is 2. The lowest BCUT2D eigenvalue weighted by Crippen LogP contribution is -2.34. The molecule has 2 heterocycles. The molecule has 2 amide bonds. The molecule has 1 aromatic rings. The van der Waals surface area contributed by atoms with Gasteiger partial charge in [-0.2, -0.15) is 0 Å². The molecule has 8 heteroatoms. The minimum absolute atomic E-state index is 0.0905. The summed E-state index contributed by atoms with van der Waals surface area (Å²) in [5.41, 5.74) is 11.3. The first-order valence-electron chi connectivity index (χ1n) is 5.76. The third-order valence-electron chi connectivity index (χ3n) is 3.04. The molecule has 98 valence electrons. The number of amides is 2. The zero-order valence-corrected chi connectivity index (χ0v) is 9.95. The molecule has 0 aromatic carbocycles. The van der Waals surface area contributed by atoms with E-state index in [4.69, 9.17) is 11.5 Å². The Morgan fingerprint density at radius 3 is 2.83 bits per heavy atom. The second-order valence-corrected chi connectivity index (χ2v) is 4.34. The fourth-order valence-corrected chi connectivity index (χ4v) is 1.97. The molecule has 1 atom stereocenters. The summed E-state index contributed by atoms with van der Waals surface area (Å²) >= 11 is 0. The number of hydrogen-bond donors (Lipinski definition) is 2. The van der Waals surface area contributed by atoms with E-state index in [0.29, 0.717) is 31.7 Å². The molecular weight excluding hydrogens is 236 g/mol. The van der Waals surface area contributed by atoms with Crippen LogP contribution in [0.25, 0.3) is 0 Å². The van der Waals surface area contributed by atoms with Gasteiger partial charge in [-0.25, -0.2) is 4.68 Å². The molecule has 1 unspecified atom stereocenters. The zero-order chi connectivity index (χ0) is 13.1. The Kier molecular flexibility index (Phi) is 3.56. The maximum atomic E-state index is 11.9. The summed E-state index contributed by atoms with van der Waals surface area (Å²) in [6, 6.07) is 0. The highest BCUT2D eigenvalue weighted by Gasteiger charge is 2.29. The largest absolute Gasteiger partial charge is 0.369 e. The molecule has 0 aliphatic carbocycles. The second-order valence-electron chi connectivity index (χ2n) is 4.34. The molecule has 18 heavy (non-hydrogen) atoms. The van der Waals surface area contributed by atoms with Crippen LogP contribution in [0.5, 0.6) is 0 Å². The van der Waals surface area contributed by atoms with Crippen LogP contribution in [-0.2, 0) is 22.7 Å². The fraction of sp³-hybridized carbons (Fsp3) is 0.600. The van der Waals surface area contributed by atoms with Gasteiger partial charge in [-0.15, -0.1) is 5.10 Å². The predicted octanol–water partition coefficient (Wildman–Crippen LogP) is -1.93. The molecule has 1 fully saturated rings. The van der Waals surface area contributed by atoms with Crippen molar-refractivity contribution in [3.63, 3.8) is 0 Å². The van der Waals surface area contributed by atoms with Crippen LogP contribution in [0.2, 0.25) is 0 Å². The van der Waals surface area contributed by atoms with Crippen molar-refractivity contribution in [2.75, 3.05) is 13.1 Å². The number of primary amides is 1. The molecule has 8 nitrogen and oxygen atoms in total. The summed E-state index contributed by atoms with van der Waals surface area (Å²) in [5, 5.41) is 7.60. The van der Waals surface area contributed by atoms with E-state index >= 15 is 0 Å². The first kappa shape index (κ1) is 12.5. The van der Waals surface area contributed by atoms with Crippen molar-refractivity contribution in [2.45, 2.75) is 19.5 Å². The Balaban J connectivity index is 1.91. The van der Waals surface area contributed by atoms with Crippen molar-refractivity contribution in [2.24, 2.45) is 17.4 Å². The minimum atomic E-state index is -0.350. The molecule has 0 radical (unpaired) electrons. The Morgan fingerprint density at radius 2 is 2.28 bits per heavy atom. The minimum Gasteiger partial charge on any atom is -0.369 e. The summed E-state index contributed by atoms with van der Waals surface area (Å²) in [7, 11) is 0. The lowest BCUT2D eigenvalue weighted by molar-refractivity contribution is -0.131. The lowest BCUT2D eigenvalue weighted by atomic mass is 10.1. The first-order valence-corrected chi connectivity index (χ1v) is 5.76. The van der Waals surface area contributed by atoms with Crippen molar-refractivity contribution >= 4 is 11.8 Å². The quantitative estimate of drug-likeness (QED) is 0.646. The number of likely N-dealkylation sites (tertiary alicyclic amines) is 1. The van der Waals surface area contributed by atoms with Crippen LogP contribution < -0.4 is 11.5 Å². The van der Waals surface area contributed by atoms with Gasteiger partial charge in [-0.05, 0) is 6.42 Å². The smallest absolute Gasteiger partial charge is 0.244 e. The number of rotatable bonds is 4. The van der Waals surface area contributed by atoms with E-state index in [1.165, 1.54) is 4.68 Å². The van der Waals surface area contributed by atoms with Gasteiger partial charge in [0.1, 0.15) is 6.54 Å². The van der Waals surface area contributed by atoms with E-state index in [1.807, 2.05) is 0 Å². The number of aromatic nitrogens is 3. The third-order valence-corrected chi connectivity index (χ3v) is 3.04. The topological polar surface area (TPSA) is 120 Å². The number of nitrogens with two attached hydrogens (primary N) is 2. The summed E-state index contributed by atoms with van der Waals surface area (Å²) in [6.07, 6.45) is 2.27. The average Bonchev–Trinajstić information content (AvgIpc) is 2.97. The van der Waals surface area contributed by atoms with E-state index in [0.717, 1.165) is 0 Å². The van der Waals surface area contributed by atoms with Gasteiger partial charge in [0.25, 0.3) is 0 Å². The Bertz CT molecular complexity index is 457. The maximum Gasteiger partial charge on any atom is 0.244 e. The van der Waals surface area contributed by atoms with Crippen molar-refractivity contribution in [3.8, 4) is 0 Å². The van der Waals surface area contributed by atoms with E-state index in [1.54, 1.807) is 11.1 Å². The monoisotopic (exact) mass is 252 g/mol. The van der Waals surface area contributed by atoms with Crippen LogP contribution in [0.15, 0.2) is 6.20 Å². The van der Waals surface area contributed by atoms with Gasteiger partial charge in [0, 0.05) is 19.6 Å². The van der Waals surface area contributed by atoms with Crippen molar-refractivity contribution < 1.29 is 9.59 Å². The highest BCUT2D eigenvalue weighted by Crippen LogP contribution is 2.15. The molecule has 1 aliphatic heterocycles. The second kappa shape index (κ2) is 5.13. The van der Waals surface area contributed by atoms with Gasteiger partial charge >= 0.3 is 0 Å². The van der Waals surface area contributed by atoms with Gasteiger partial charge in [0.15, 0.2) is 0 Å². The van der Waals surface area contributed by atoms with Crippen LogP contribution in [-0.4, -0.2) is 44.8 Å². The molecule has 1 aromatic heterocycles. The molecule has 2 rings (SSSR count). The Labute approximate surface area is 104 Å². The Morgan fingerprint density at radius 1 is 1.50 bits per heavy atom. The summed E-state index contributed by atoms with van der Waals surface area (Å²) in [6.45, 7) is 1.36. The zero-order valence-electron chi connectivity index (χ0n) is 9.95. The van der Waals surface area contributed by atoms with E-state index in [9.17, 15) is 9.59 Å². The van der Waals surface area contributed by atoms with Gasteiger partial charge in [0.05, 0.1) is 17.8 Å². The van der Waals surface area contributed by atoms with Crippen LogP contribution in [0.1, 0.15) is 12.1 Å². The van der Waals surface area contributed by atoms with Gasteiger partial charge in [-0.3, -0.25) is 9.59 Å². The highest BCUT2D eigenvalue weighted by molar-refractivity contribution is 5.80. The molecule has 1 saturated heterocycles. The van der Waals surface area contributed by atoms with Gasteiger partial charge in [0.2, 0.25) is 11.8 Å². The molecule has 4 N–H and O–H groups in total. The summed E-state index contributed by atoms with van der Waals surface area (Å²) in [5.74, 6) is -0.673. The van der Waals surface area contributed by atoms with Crippen LogP contribution in [0, 0.1) is 5.92 Å². The predicted molar refractivity (Wildman–Crippen MR) is 61.8 cm³/mol. The molecule has 0 bridgehead atoms. The molecule has 1 aliphatic rings. The van der Waals surface area contributed by atoms with Crippen molar-refractivity contribution in [1.29, 1.82) is 0 Å². The standard InChI is InChI=1S/C10H16N6O2/c11-3-8-5-16(14-13-8)6-9(17)15-2-1-7(4-15)10(12)18/h5,7H,1-4,6,11H2,(H2,12,18). The van der Waals surface area contributed by atoms with Gasteiger partial charge < -0.3 is 16.4 Å². The fourth-order valence-electron chi connectivity index (χ4n) is 1.97. The number of hydrogen-bond acceptors (Lipinski definition) is 5. The van der Waals surface area contributed by atoms with E-state index in [-0.39, 0.29) is 24.3 Å². The number of carbonyl (C=O) groups is 2. The third kappa shape index (κ3) is 2.65. The maximum absolute atomic E-state index is 11.9. The molecular formula is C10H16N6O2. The van der Waals surface area contributed by atoms with Crippen molar-refractivity contribution in [1.82, 2.24) is 19.9 Å². The van der Waals surface area contributed by atoms with Crippen LogP contribution in [0.4, 0.5) is 0 Å². The average molecular weight is 252 g/mol. The summed E-state index contributed by atoms with van der Waals surface area (Å²) < 4.78 is 1.45. The molecule has 0 spiro atoms. The SMILES string of the molecule is NCc1cn(CC(=O)N2CCC(C(N)=O)C2)nn1. The van der Waals surface area contributed by atoms with Gasteiger partial charge in [-0.1, -0.05) is 5.21 Å². The lowest BCUT2D eigenvalue weighted by Gasteiger charge is -2.15. The summed E-state index contributed by atoms with van der Waals surface area (Å²) in [4.78, 5) is 24.6. The number of nitrogens with zero attached hydrogens (tertiary/aromatic N) is 4. The molecule has 0 saturated carbocycles. The highest BCUT2D eigenvalue weighted by atomic mass is 16.2. The van der Waals surface area contributed by atoms with Crippen LogP contribution >= 0.6 is 0 Å². The normalized spacial score (nSPS) is 19.2. The van der Waals surface area contributed by atoms with E-state index < -0.39 is 0 Å². The Hall–Kier alpha value is -1.96. The first-order chi connectivity index (χ1) is 8.60.